The molecule has 0 atom stereocenters. The number of piperazine rings is 1. The van der Waals surface area contributed by atoms with Gasteiger partial charge in [0.15, 0.2) is 11.5 Å². The molecule has 0 aliphatic carbocycles. The highest BCUT2D eigenvalue weighted by Crippen LogP contribution is 2.27. The SMILES string of the molecule is COc1cc(N)ncc1OC(=O)N1CCNCC1. The van der Waals surface area contributed by atoms with Gasteiger partial charge >= 0.3 is 6.09 Å². The largest absolute Gasteiger partial charge is 0.493 e. The number of anilines is 1. The number of ether oxygens (including phenoxy) is 2. The molecule has 2 heterocycles. The van der Waals surface area contributed by atoms with Crippen LogP contribution in [-0.4, -0.2) is 49.3 Å². The highest BCUT2D eigenvalue weighted by Gasteiger charge is 2.19. The van der Waals surface area contributed by atoms with Crippen LogP contribution >= 0.6 is 0 Å². The van der Waals surface area contributed by atoms with Crippen LogP contribution in [-0.2, 0) is 0 Å². The van der Waals surface area contributed by atoms with Crippen LogP contribution in [0.1, 0.15) is 0 Å². The van der Waals surface area contributed by atoms with Gasteiger partial charge in [0.25, 0.3) is 0 Å². The van der Waals surface area contributed by atoms with Crippen LogP contribution in [0.2, 0.25) is 0 Å². The first-order valence-electron chi connectivity index (χ1n) is 5.67. The smallest absolute Gasteiger partial charge is 0.415 e. The number of hydrogen-bond acceptors (Lipinski definition) is 6. The van der Waals surface area contributed by atoms with E-state index < -0.39 is 6.09 Å². The molecule has 2 rings (SSSR count). The molecule has 1 fully saturated rings. The maximum atomic E-state index is 11.9. The van der Waals surface area contributed by atoms with Crippen molar-refractivity contribution in [3.05, 3.63) is 12.3 Å². The third-order valence-electron chi connectivity index (χ3n) is 2.65. The lowest BCUT2D eigenvalue weighted by molar-refractivity contribution is 0.144. The summed E-state index contributed by atoms with van der Waals surface area (Å²) in [5, 5.41) is 3.16. The normalized spacial score (nSPS) is 15.3. The quantitative estimate of drug-likeness (QED) is 0.774. The zero-order valence-corrected chi connectivity index (χ0v) is 10.2. The molecule has 1 aliphatic heterocycles. The molecule has 1 amide bonds. The van der Waals surface area contributed by atoms with E-state index in [2.05, 4.69) is 10.3 Å². The summed E-state index contributed by atoms with van der Waals surface area (Å²) in [7, 11) is 1.48. The van der Waals surface area contributed by atoms with E-state index in [9.17, 15) is 4.79 Å². The number of amides is 1. The van der Waals surface area contributed by atoms with Crippen molar-refractivity contribution >= 4 is 11.9 Å². The molecule has 0 saturated carbocycles. The van der Waals surface area contributed by atoms with Crippen LogP contribution in [0, 0.1) is 0 Å². The fourth-order valence-corrected chi connectivity index (χ4v) is 1.68. The Hall–Kier alpha value is -2.02. The molecule has 7 heteroatoms. The van der Waals surface area contributed by atoms with Gasteiger partial charge in [0.1, 0.15) is 5.82 Å². The molecule has 18 heavy (non-hydrogen) atoms. The third kappa shape index (κ3) is 2.80. The average molecular weight is 252 g/mol. The number of hydrogen-bond donors (Lipinski definition) is 2. The third-order valence-corrected chi connectivity index (χ3v) is 2.65. The van der Waals surface area contributed by atoms with Crippen molar-refractivity contribution < 1.29 is 14.3 Å². The van der Waals surface area contributed by atoms with E-state index in [1.807, 2.05) is 0 Å². The summed E-state index contributed by atoms with van der Waals surface area (Å²) in [6.45, 7) is 2.80. The maximum absolute atomic E-state index is 11.9. The summed E-state index contributed by atoms with van der Waals surface area (Å²) in [6, 6.07) is 1.51. The number of nitrogens with two attached hydrogens (primary N) is 1. The second-order valence-corrected chi connectivity index (χ2v) is 3.87. The van der Waals surface area contributed by atoms with E-state index in [-0.39, 0.29) is 5.75 Å². The highest BCUT2D eigenvalue weighted by atomic mass is 16.6. The Morgan fingerprint density at radius 2 is 2.17 bits per heavy atom. The van der Waals surface area contributed by atoms with Gasteiger partial charge in [0.05, 0.1) is 13.3 Å². The summed E-state index contributed by atoms with van der Waals surface area (Å²) in [6.07, 6.45) is 0.982. The number of carbonyl (C=O) groups excluding carboxylic acids is 1. The lowest BCUT2D eigenvalue weighted by atomic mass is 10.4. The van der Waals surface area contributed by atoms with Crippen molar-refractivity contribution in [2.24, 2.45) is 0 Å². The topological polar surface area (TPSA) is 89.7 Å². The van der Waals surface area contributed by atoms with Crippen LogP contribution in [0.5, 0.6) is 11.5 Å². The second-order valence-electron chi connectivity index (χ2n) is 3.87. The van der Waals surface area contributed by atoms with Crippen molar-refractivity contribution in [1.29, 1.82) is 0 Å². The molecule has 7 nitrogen and oxygen atoms in total. The molecule has 1 aliphatic rings. The molecule has 98 valence electrons. The first-order chi connectivity index (χ1) is 8.70. The lowest BCUT2D eigenvalue weighted by Crippen LogP contribution is -2.47. The fourth-order valence-electron chi connectivity index (χ4n) is 1.68. The van der Waals surface area contributed by atoms with E-state index in [1.54, 1.807) is 4.90 Å². The molecule has 1 aromatic heterocycles. The molecular formula is C11H16N4O3. The Labute approximate surface area is 105 Å². The van der Waals surface area contributed by atoms with Gasteiger partial charge in [0.2, 0.25) is 0 Å². The number of pyridine rings is 1. The van der Waals surface area contributed by atoms with Crippen LogP contribution in [0.4, 0.5) is 10.6 Å². The minimum Gasteiger partial charge on any atom is -0.493 e. The Bertz CT molecular complexity index is 432. The number of rotatable bonds is 2. The monoisotopic (exact) mass is 252 g/mol. The van der Waals surface area contributed by atoms with Gasteiger partial charge in [-0.25, -0.2) is 9.78 Å². The van der Waals surface area contributed by atoms with Crippen molar-refractivity contribution in [3.63, 3.8) is 0 Å². The standard InChI is InChI=1S/C11H16N4O3/c1-17-8-6-10(12)14-7-9(8)18-11(16)15-4-2-13-3-5-15/h6-7,13H,2-5H2,1H3,(H2,12,14). The minimum atomic E-state index is -0.402. The minimum absolute atomic E-state index is 0.273. The molecular weight excluding hydrogens is 236 g/mol. The number of nitrogen functional groups attached to an aromatic ring is 1. The Morgan fingerprint density at radius 1 is 1.44 bits per heavy atom. The zero-order valence-electron chi connectivity index (χ0n) is 10.2. The van der Waals surface area contributed by atoms with Gasteiger partial charge in [-0.15, -0.1) is 0 Å². The number of nitrogens with one attached hydrogen (secondary N) is 1. The molecule has 0 bridgehead atoms. The zero-order chi connectivity index (χ0) is 13.0. The van der Waals surface area contributed by atoms with Crippen molar-refractivity contribution in [3.8, 4) is 11.5 Å². The summed E-state index contributed by atoms with van der Waals surface area (Å²) < 4.78 is 10.3. The van der Waals surface area contributed by atoms with Crippen LogP contribution in [0.25, 0.3) is 0 Å². The van der Waals surface area contributed by atoms with E-state index in [0.717, 1.165) is 13.1 Å². The number of carbonyl (C=O) groups is 1. The summed E-state index contributed by atoms with van der Waals surface area (Å²) in [4.78, 5) is 17.4. The highest BCUT2D eigenvalue weighted by molar-refractivity contribution is 5.72. The van der Waals surface area contributed by atoms with E-state index in [0.29, 0.717) is 24.7 Å². The summed E-state index contributed by atoms with van der Waals surface area (Å²) in [5.74, 6) is 0.982. The molecule has 3 N–H and O–H groups in total. The average Bonchev–Trinajstić information content (AvgIpc) is 2.41. The molecule has 1 aromatic rings. The van der Waals surface area contributed by atoms with Crippen LogP contribution in [0.15, 0.2) is 12.3 Å². The van der Waals surface area contributed by atoms with E-state index in [1.165, 1.54) is 19.4 Å². The summed E-state index contributed by atoms with van der Waals surface area (Å²) >= 11 is 0. The van der Waals surface area contributed by atoms with Crippen LogP contribution < -0.4 is 20.5 Å². The van der Waals surface area contributed by atoms with Crippen molar-refractivity contribution in [2.75, 3.05) is 39.0 Å². The van der Waals surface area contributed by atoms with Gasteiger partial charge in [0, 0.05) is 32.2 Å². The number of aromatic nitrogens is 1. The summed E-state index contributed by atoms with van der Waals surface area (Å²) in [5.41, 5.74) is 5.53. The Kier molecular flexibility index (Phi) is 3.83. The number of methoxy groups -OCH3 is 1. The first-order valence-corrected chi connectivity index (χ1v) is 5.67. The first kappa shape index (κ1) is 12.4. The van der Waals surface area contributed by atoms with Crippen molar-refractivity contribution in [2.45, 2.75) is 0 Å². The Morgan fingerprint density at radius 3 is 2.83 bits per heavy atom. The number of nitrogens with zero attached hydrogens (tertiary/aromatic N) is 2. The van der Waals surface area contributed by atoms with Gasteiger partial charge < -0.3 is 25.4 Å². The van der Waals surface area contributed by atoms with E-state index >= 15 is 0 Å². The molecule has 1 saturated heterocycles. The lowest BCUT2D eigenvalue weighted by Gasteiger charge is -2.26. The predicted molar refractivity (Wildman–Crippen MR) is 65.7 cm³/mol. The maximum Gasteiger partial charge on any atom is 0.415 e. The predicted octanol–water partition coefficient (Wildman–Crippen LogP) is 0.0764. The fraction of sp³-hybridized carbons (Fsp3) is 0.455. The van der Waals surface area contributed by atoms with E-state index in [4.69, 9.17) is 15.2 Å². The second kappa shape index (κ2) is 5.54. The van der Waals surface area contributed by atoms with Gasteiger partial charge in [-0.1, -0.05) is 0 Å². The van der Waals surface area contributed by atoms with Gasteiger partial charge in [-0.05, 0) is 0 Å². The van der Waals surface area contributed by atoms with Gasteiger partial charge in [-0.2, -0.15) is 0 Å². The van der Waals surface area contributed by atoms with Crippen LogP contribution in [0.3, 0.4) is 0 Å². The Balaban J connectivity index is 2.06. The van der Waals surface area contributed by atoms with Gasteiger partial charge in [-0.3, -0.25) is 0 Å². The molecule has 0 aromatic carbocycles. The molecule has 0 unspecified atom stereocenters. The molecule has 0 spiro atoms. The molecule has 0 radical (unpaired) electrons. The van der Waals surface area contributed by atoms with Crippen molar-refractivity contribution in [1.82, 2.24) is 15.2 Å².